The summed E-state index contributed by atoms with van der Waals surface area (Å²) in [5.41, 5.74) is 3.74. The molecule has 0 unspecified atom stereocenters. The van der Waals surface area contributed by atoms with E-state index >= 15 is 0 Å². The molecule has 28 heavy (non-hydrogen) atoms. The zero-order chi connectivity index (χ0) is 20.1. The summed E-state index contributed by atoms with van der Waals surface area (Å²) in [4.78, 5) is 25.7. The molecule has 6 nitrogen and oxygen atoms in total. The van der Waals surface area contributed by atoms with Crippen LogP contribution in [0.3, 0.4) is 0 Å². The van der Waals surface area contributed by atoms with Crippen molar-refractivity contribution in [3.05, 3.63) is 41.5 Å². The molecule has 1 aromatic rings. The standard InChI is InChI=1S/C22H31N3O3/c1-3-12-23-22(28)24-13-19-21(20(14-26)25(19)15(2)27)18-10-8-17(9-11-18)16-6-4-5-7-16/h6,8-11,19-21,26H,3-5,7,12-14H2,1-2H3,(H2,23,24,28)/t19-,20+,21+/m1/s1. The molecule has 0 saturated carbocycles. The Bertz CT molecular complexity index is 729. The molecule has 1 saturated heterocycles. The maximum atomic E-state index is 12.1. The third-order valence-corrected chi connectivity index (χ3v) is 5.81. The molecular formula is C22H31N3O3. The molecule has 3 amide bonds. The Hall–Kier alpha value is -2.34. The van der Waals surface area contributed by atoms with Crippen molar-refractivity contribution in [2.75, 3.05) is 19.7 Å². The molecule has 0 radical (unpaired) electrons. The van der Waals surface area contributed by atoms with E-state index in [0.29, 0.717) is 13.1 Å². The first-order valence-corrected chi connectivity index (χ1v) is 10.3. The van der Waals surface area contributed by atoms with Gasteiger partial charge in [0, 0.05) is 25.9 Å². The van der Waals surface area contributed by atoms with E-state index in [4.69, 9.17) is 0 Å². The van der Waals surface area contributed by atoms with Crippen LogP contribution in [0.2, 0.25) is 0 Å². The van der Waals surface area contributed by atoms with E-state index in [1.165, 1.54) is 24.5 Å². The summed E-state index contributed by atoms with van der Waals surface area (Å²) in [6.45, 7) is 4.40. The van der Waals surface area contributed by atoms with Crippen LogP contribution in [0.1, 0.15) is 56.6 Å². The lowest BCUT2D eigenvalue weighted by atomic mass is 9.74. The summed E-state index contributed by atoms with van der Waals surface area (Å²) in [6, 6.07) is 7.84. The SMILES string of the molecule is CCCNC(=O)NC[C@@H]1[C@H](c2ccc(C3=CCCC3)cc2)[C@H](CO)N1C(C)=O. The second-order valence-corrected chi connectivity index (χ2v) is 7.65. The van der Waals surface area contributed by atoms with Crippen molar-refractivity contribution in [3.8, 4) is 0 Å². The highest BCUT2D eigenvalue weighted by Gasteiger charge is 2.49. The third-order valence-electron chi connectivity index (χ3n) is 5.81. The molecule has 0 bridgehead atoms. The molecule has 2 aliphatic rings. The smallest absolute Gasteiger partial charge is 0.314 e. The van der Waals surface area contributed by atoms with Crippen LogP contribution in [0.5, 0.6) is 0 Å². The molecule has 0 aromatic heterocycles. The second-order valence-electron chi connectivity index (χ2n) is 7.65. The molecule has 1 aromatic carbocycles. The molecule has 3 N–H and O–H groups in total. The number of aliphatic hydroxyl groups is 1. The zero-order valence-corrected chi connectivity index (χ0v) is 16.8. The number of aliphatic hydroxyl groups excluding tert-OH is 1. The van der Waals surface area contributed by atoms with E-state index in [2.05, 4.69) is 41.0 Å². The number of hydrogen-bond acceptors (Lipinski definition) is 3. The van der Waals surface area contributed by atoms with E-state index < -0.39 is 0 Å². The fraction of sp³-hybridized carbons (Fsp3) is 0.545. The zero-order valence-electron chi connectivity index (χ0n) is 16.8. The Morgan fingerprint density at radius 2 is 1.93 bits per heavy atom. The number of nitrogens with zero attached hydrogens (tertiary/aromatic N) is 1. The molecule has 3 atom stereocenters. The topological polar surface area (TPSA) is 81.7 Å². The van der Waals surface area contributed by atoms with Crippen molar-refractivity contribution in [1.29, 1.82) is 0 Å². The number of allylic oxidation sites excluding steroid dienone is 2. The van der Waals surface area contributed by atoms with Gasteiger partial charge in [-0.3, -0.25) is 4.79 Å². The fourth-order valence-electron chi connectivity index (χ4n) is 4.44. The van der Waals surface area contributed by atoms with E-state index in [9.17, 15) is 14.7 Å². The average molecular weight is 386 g/mol. The van der Waals surface area contributed by atoms with Gasteiger partial charge in [-0.2, -0.15) is 0 Å². The summed E-state index contributed by atoms with van der Waals surface area (Å²) >= 11 is 0. The summed E-state index contributed by atoms with van der Waals surface area (Å²) in [6.07, 6.45) is 6.66. The van der Waals surface area contributed by atoms with E-state index in [-0.39, 0.29) is 36.5 Å². The van der Waals surface area contributed by atoms with Crippen LogP contribution >= 0.6 is 0 Å². The number of carbonyl (C=O) groups excluding carboxylic acids is 2. The highest BCUT2D eigenvalue weighted by Crippen LogP contribution is 2.41. The Kier molecular flexibility index (Phi) is 6.73. The fourth-order valence-corrected chi connectivity index (χ4v) is 4.44. The maximum absolute atomic E-state index is 12.1. The number of carbonyl (C=O) groups is 2. The molecule has 0 spiro atoms. The van der Waals surface area contributed by atoms with Crippen LogP contribution in [0, 0.1) is 0 Å². The quantitative estimate of drug-likeness (QED) is 0.675. The largest absolute Gasteiger partial charge is 0.394 e. The van der Waals surface area contributed by atoms with Crippen LogP contribution in [0.25, 0.3) is 5.57 Å². The summed E-state index contributed by atoms with van der Waals surface area (Å²) in [5, 5.41) is 15.5. The van der Waals surface area contributed by atoms with Gasteiger partial charge >= 0.3 is 6.03 Å². The van der Waals surface area contributed by atoms with Crippen molar-refractivity contribution in [1.82, 2.24) is 15.5 Å². The van der Waals surface area contributed by atoms with Gasteiger partial charge in [-0.25, -0.2) is 4.79 Å². The molecule has 1 heterocycles. The van der Waals surface area contributed by atoms with Crippen LogP contribution < -0.4 is 10.6 Å². The summed E-state index contributed by atoms with van der Waals surface area (Å²) in [7, 11) is 0. The molecule has 6 heteroatoms. The lowest BCUT2D eigenvalue weighted by Crippen LogP contribution is -2.68. The number of hydrogen-bond donors (Lipinski definition) is 3. The predicted molar refractivity (Wildman–Crippen MR) is 110 cm³/mol. The van der Waals surface area contributed by atoms with Crippen LogP contribution in [-0.4, -0.2) is 53.7 Å². The van der Waals surface area contributed by atoms with Gasteiger partial charge in [-0.15, -0.1) is 0 Å². The van der Waals surface area contributed by atoms with Gasteiger partial charge in [0.2, 0.25) is 5.91 Å². The number of urea groups is 1. The number of amides is 3. The maximum Gasteiger partial charge on any atom is 0.314 e. The number of likely N-dealkylation sites (tertiary alicyclic amines) is 1. The van der Waals surface area contributed by atoms with Gasteiger partial charge < -0.3 is 20.6 Å². The van der Waals surface area contributed by atoms with Gasteiger partial charge in [0.05, 0.1) is 18.7 Å². The van der Waals surface area contributed by atoms with Crippen molar-refractivity contribution in [2.45, 2.75) is 57.5 Å². The molecule has 1 fully saturated rings. The Balaban J connectivity index is 1.73. The monoisotopic (exact) mass is 385 g/mol. The van der Waals surface area contributed by atoms with Crippen molar-refractivity contribution >= 4 is 17.5 Å². The first-order valence-electron chi connectivity index (χ1n) is 10.3. The Labute approximate surface area is 167 Å². The lowest BCUT2D eigenvalue weighted by Gasteiger charge is -2.54. The predicted octanol–water partition coefficient (Wildman–Crippen LogP) is 2.64. The molecular weight excluding hydrogens is 354 g/mol. The van der Waals surface area contributed by atoms with Gasteiger partial charge in [-0.1, -0.05) is 37.3 Å². The number of benzene rings is 1. The third kappa shape index (κ3) is 4.22. The van der Waals surface area contributed by atoms with Crippen LogP contribution in [0.15, 0.2) is 30.3 Å². The van der Waals surface area contributed by atoms with Gasteiger partial charge in [0.15, 0.2) is 0 Å². The van der Waals surface area contributed by atoms with E-state index in [1.54, 1.807) is 4.90 Å². The van der Waals surface area contributed by atoms with Crippen molar-refractivity contribution < 1.29 is 14.7 Å². The lowest BCUT2D eigenvalue weighted by molar-refractivity contribution is -0.147. The molecule has 3 rings (SSSR count). The number of rotatable bonds is 7. The average Bonchev–Trinajstić information content (AvgIpc) is 3.20. The van der Waals surface area contributed by atoms with Gasteiger partial charge in [0.25, 0.3) is 0 Å². The highest BCUT2D eigenvalue weighted by atomic mass is 16.3. The second kappa shape index (κ2) is 9.24. The minimum absolute atomic E-state index is 0.00647. The molecule has 1 aliphatic carbocycles. The van der Waals surface area contributed by atoms with Crippen molar-refractivity contribution in [2.24, 2.45) is 0 Å². The highest BCUT2D eigenvalue weighted by molar-refractivity contribution is 5.77. The first-order chi connectivity index (χ1) is 13.6. The van der Waals surface area contributed by atoms with Crippen molar-refractivity contribution in [3.63, 3.8) is 0 Å². The summed E-state index contributed by atoms with van der Waals surface area (Å²) < 4.78 is 0. The summed E-state index contributed by atoms with van der Waals surface area (Å²) in [5.74, 6) is -0.0734. The van der Waals surface area contributed by atoms with Crippen LogP contribution in [0.4, 0.5) is 4.79 Å². The Morgan fingerprint density at radius 3 is 2.50 bits per heavy atom. The normalized spacial score (nSPS) is 23.8. The van der Waals surface area contributed by atoms with Crippen LogP contribution in [-0.2, 0) is 4.79 Å². The Morgan fingerprint density at radius 1 is 1.18 bits per heavy atom. The van der Waals surface area contributed by atoms with Gasteiger partial charge in [-0.05, 0) is 42.4 Å². The molecule has 1 aliphatic heterocycles. The number of nitrogens with one attached hydrogen (secondary N) is 2. The van der Waals surface area contributed by atoms with Gasteiger partial charge in [0.1, 0.15) is 0 Å². The minimum atomic E-state index is -0.250. The first kappa shape index (κ1) is 20.4. The van der Waals surface area contributed by atoms with E-state index in [0.717, 1.165) is 24.8 Å². The van der Waals surface area contributed by atoms with E-state index in [1.807, 2.05) is 6.92 Å². The molecule has 152 valence electrons. The minimum Gasteiger partial charge on any atom is -0.394 e.